The average molecular weight is 470 g/mol. The summed E-state index contributed by atoms with van der Waals surface area (Å²) in [5.41, 5.74) is 1.56. The maximum Gasteiger partial charge on any atom is 0.269 e. The van der Waals surface area contributed by atoms with Crippen LogP contribution in [0.5, 0.6) is 0 Å². The molecule has 0 aliphatic heterocycles. The maximum atomic E-state index is 13.2. The summed E-state index contributed by atoms with van der Waals surface area (Å²) in [4.78, 5) is 23.3. The van der Waals surface area contributed by atoms with Crippen molar-refractivity contribution in [1.29, 1.82) is 0 Å². The molecule has 0 bridgehead atoms. The van der Waals surface area contributed by atoms with Crippen molar-refractivity contribution in [3.63, 3.8) is 0 Å². The number of nitro benzene ring substituents is 1. The van der Waals surface area contributed by atoms with Gasteiger partial charge in [-0.3, -0.25) is 19.5 Å². The van der Waals surface area contributed by atoms with Crippen molar-refractivity contribution in [2.45, 2.75) is 49.6 Å². The summed E-state index contributed by atoms with van der Waals surface area (Å²) < 4.78 is 15.0. The number of nitrogens with one attached hydrogen (secondary N) is 1. The second-order valence-corrected chi connectivity index (χ2v) is 9.02. The second-order valence-electron chi connectivity index (χ2n) is 8.08. The van der Waals surface area contributed by atoms with Crippen LogP contribution in [0, 0.1) is 21.8 Å². The number of halogens is 1. The fraction of sp³-hybridized carbons (Fsp3) is 0.348. The molecule has 1 aromatic heterocycles. The number of aromatic nitrogens is 3. The number of hydrogen-bond acceptors (Lipinski definition) is 6. The van der Waals surface area contributed by atoms with E-state index in [1.807, 2.05) is 6.92 Å². The summed E-state index contributed by atoms with van der Waals surface area (Å²) in [6.07, 6.45) is 3.92. The lowest BCUT2D eigenvalue weighted by molar-refractivity contribution is -0.384. The van der Waals surface area contributed by atoms with E-state index in [4.69, 9.17) is 0 Å². The summed E-state index contributed by atoms with van der Waals surface area (Å²) in [6.45, 7) is 1.85. The normalized spacial score (nSPS) is 14.8. The molecule has 1 aliphatic carbocycles. The van der Waals surface area contributed by atoms with Crippen molar-refractivity contribution in [3.05, 3.63) is 75.9 Å². The van der Waals surface area contributed by atoms with E-state index < -0.39 is 11.0 Å². The number of non-ortho nitro benzene ring substituents is 1. The van der Waals surface area contributed by atoms with Crippen LogP contribution in [0.25, 0.3) is 5.69 Å². The van der Waals surface area contributed by atoms with E-state index >= 15 is 0 Å². The SMILES string of the molecule is CC(NC(=O)C1CCCC1)c1nnc(SCc2ccc(F)cc2)n1-c1ccc([N+](=O)[O-])cc1. The van der Waals surface area contributed by atoms with Gasteiger partial charge >= 0.3 is 0 Å². The number of amides is 1. The predicted octanol–water partition coefficient (Wildman–Crippen LogP) is 4.97. The van der Waals surface area contributed by atoms with Crippen molar-refractivity contribution in [2.24, 2.45) is 5.92 Å². The molecule has 172 valence electrons. The van der Waals surface area contributed by atoms with Crippen LogP contribution in [0.15, 0.2) is 53.7 Å². The molecular weight excluding hydrogens is 445 g/mol. The highest BCUT2D eigenvalue weighted by Gasteiger charge is 2.27. The Bertz CT molecular complexity index is 1130. The molecule has 1 aliphatic rings. The number of thioether (sulfide) groups is 1. The van der Waals surface area contributed by atoms with Gasteiger partial charge in [0, 0.05) is 29.5 Å². The first kappa shape index (κ1) is 22.9. The van der Waals surface area contributed by atoms with Crippen LogP contribution < -0.4 is 5.32 Å². The Kier molecular flexibility index (Phi) is 7.02. The fourth-order valence-electron chi connectivity index (χ4n) is 3.93. The smallest absolute Gasteiger partial charge is 0.269 e. The molecule has 10 heteroatoms. The van der Waals surface area contributed by atoms with Crippen LogP contribution in [0.2, 0.25) is 0 Å². The molecule has 3 aromatic rings. The Balaban J connectivity index is 1.61. The topological polar surface area (TPSA) is 103 Å². The van der Waals surface area contributed by atoms with Gasteiger partial charge in [0.05, 0.1) is 11.0 Å². The van der Waals surface area contributed by atoms with Gasteiger partial charge in [-0.25, -0.2) is 4.39 Å². The van der Waals surface area contributed by atoms with Crippen LogP contribution in [-0.4, -0.2) is 25.6 Å². The third-order valence-electron chi connectivity index (χ3n) is 5.73. The van der Waals surface area contributed by atoms with E-state index in [1.165, 1.54) is 36.0 Å². The Morgan fingerprint density at radius 1 is 1.18 bits per heavy atom. The summed E-state index contributed by atoms with van der Waals surface area (Å²) >= 11 is 1.41. The number of nitro groups is 1. The predicted molar refractivity (Wildman–Crippen MR) is 122 cm³/mol. The minimum absolute atomic E-state index is 0.0127. The van der Waals surface area contributed by atoms with E-state index in [9.17, 15) is 19.3 Å². The van der Waals surface area contributed by atoms with Crippen LogP contribution in [0.4, 0.5) is 10.1 Å². The van der Waals surface area contributed by atoms with Gasteiger partial charge in [0.1, 0.15) is 5.82 Å². The lowest BCUT2D eigenvalue weighted by atomic mass is 10.1. The molecule has 1 amide bonds. The van der Waals surface area contributed by atoms with E-state index in [0.717, 1.165) is 31.2 Å². The first-order valence-corrected chi connectivity index (χ1v) is 11.8. The van der Waals surface area contributed by atoms with Gasteiger partial charge in [-0.1, -0.05) is 36.7 Å². The molecule has 1 saturated carbocycles. The Morgan fingerprint density at radius 3 is 2.48 bits per heavy atom. The zero-order chi connectivity index (χ0) is 23.4. The van der Waals surface area contributed by atoms with Crippen LogP contribution in [0.1, 0.15) is 50.0 Å². The summed E-state index contributed by atoms with van der Waals surface area (Å²) in [5, 5.41) is 23.4. The number of hydrogen-bond donors (Lipinski definition) is 1. The standard InChI is InChI=1S/C23H24FN5O3S/c1-15(25-22(30)17-4-2-3-5-17)21-26-27-23(33-14-16-6-8-18(24)9-7-16)28(21)19-10-12-20(13-11-19)29(31)32/h6-13,15,17H,2-5,14H2,1H3,(H,25,30). The zero-order valence-electron chi connectivity index (χ0n) is 18.1. The molecule has 1 fully saturated rings. The van der Waals surface area contributed by atoms with E-state index in [2.05, 4.69) is 15.5 Å². The molecule has 1 heterocycles. The number of nitrogens with zero attached hydrogens (tertiary/aromatic N) is 4. The van der Waals surface area contributed by atoms with Crippen molar-refractivity contribution < 1.29 is 14.1 Å². The van der Waals surface area contributed by atoms with Gasteiger partial charge in [0.2, 0.25) is 5.91 Å². The Labute approximate surface area is 194 Å². The molecular formula is C23H24FN5O3S. The summed E-state index contributed by atoms with van der Waals surface area (Å²) in [6, 6.07) is 12.0. The van der Waals surface area contributed by atoms with Crippen LogP contribution >= 0.6 is 11.8 Å². The van der Waals surface area contributed by atoms with Crippen molar-refractivity contribution in [1.82, 2.24) is 20.1 Å². The highest BCUT2D eigenvalue weighted by molar-refractivity contribution is 7.98. The van der Waals surface area contributed by atoms with Crippen LogP contribution in [0.3, 0.4) is 0 Å². The summed E-state index contributed by atoms with van der Waals surface area (Å²) in [7, 11) is 0. The third kappa shape index (κ3) is 5.39. The molecule has 0 saturated heterocycles. The molecule has 1 unspecified atom stereocenters. The van der Waals surface area contributed by atoms with Gasteiger partial charge in [-0.15, -0.1) is 10.2 Å². The maximum absolute atomic E-state index is 13.2. The Morgan fingerprint density at radius 2 is 1.85 bits per heavy atom. The minimum Gasteiger partial charge on any atom is -0.346 e. The van der Waals surface area contributed by atoms with Gasteiger partial charge in [-0.2, -0.15) is 0 Å². The number of carbonyl (C=O) groups is 1. The minimum atomic E-state index is -0.453. The molecule has 4 rings (SSSR count). The summed E-state index contributed by atoms with van der Waals surface area (Å²) in [5.74, 6) is 0.812. The molecule has 1 N–H and O–H groups in total. The first-order valence-electron chi connectivity index (χ1n) is 10.8. The highest BCUT2D eigenvalue weighted by atomic mass is 32.2. The molecule has 0 spiro atoms. The lowest BCUT2D eigenvalue weighted by Crippen LogP contribution is -2.33. The van der Waals surface area contributed by atoms with Crippen molar-refractivity contribution in [2.75, 3.05) is 0 Å². The number of rotatable bonds is 8. The third-order valence-corrected chi connectivity index (χ3v) is 6.73. The van der Waals surface area contributed by atoms with E-state index in [-0.39, 0.29) is 23.3 Å². The molecule has 8 nitrogen and oxygen atoms in total. The molecule has 2 aromatic carbocycles. The molecule has 1 atom stereocenters. The molecule has 33 heavy (non-hydrogen) atoms. The second kappa shape index (κ2) is 10.1. The van der Waals surface area contributed by atoms with Crippen LogP contribution in [-0.2, 0) is 10.5 Å². The average Bonchev–Trinajstić information content (AvgIpc) is 3.49. The zero-order valence-corrected chi connectivity index (χ0v) is 18.9. The molecule has 0 radical (unpaired) electrons. The number of carbonyl (C=O) groups excluding carboxylic acids is 1. The van der Waals surface area contributed by atoms with Crippen molar-refractivity contribution >= 4 is 23.4 Å². The Hall–Kier alpha value is -3.27. The highest BCUT2D eigenvalue weighted by Crippen LogP contribution is 2.30. The quantitative estimate of drug-likeness (QED) is 0.284. The van der Waals surface area contributed by atoms with Gasteiger partial charge < -0.3 is 5.32 Å². The largest absolute Gasteiger partial charge is 0.346 e. The monoisotopic (exact) mass is 469 g/mol. The lowest BCUT2D eigenvalue weighted by Gasteiger charge is -2.18. The van der Waals surface area contributed by atoms with Gasteiger partial charge in [-0.05, 0) is 49.6 Å². The number of benzene rings is 2. The van der Waals surface area contributed by atoms with Crippen molar-refractivity contribution in [3.8, 4) is 5.69 Å². The van der Waals surface area contributed by atoms with E-state index in [1.54, 1.807) is 28.8 Å². The van der Waals surface area contributed by atoms with Gasteiger partial charge in [0.25, 0.3) is 5.69 Å². The first-order chi connectivity index (χ1) is 15.9. The van der Waals surface area contributed by atoms with E-state index in [0.29, 0.717) is 22.4 Å². The van der Waals surface area contributed by atoms with Gasteiger partial charge in [0.15, 0.2) is 11.0 Å². The fourth-order valence-corrected chi connectivity index (χ4v) is 4.85.